The van der Waals surface area contributed by atoms with Gasteiger partial charge >= 0.3 is 0 Å². The fourth-order valence-electron chi connectivity index (χ4n) is 1.79. The van der Waals surface area contributed by atoms with Crippen LogP contribution in [0.4, 0.5) is 0 Å². The number of hydrogen-bond acceptors (Lipinski definition) is 4. The lowest BCUT2D eigenvalue weighted by molar-refractivity contribution is 0.182. The predicted molar refractivity (Wildman–Crippen MR) is 63.9 cm³/mol. The van der Waals surface area contributed by atoms with Gasteiger partial charge in [0.25, 0.3) is 0 Å². The number of ether oxygens (including phenoxy) is 1. The van der Waals surface area contributed by atoms with Gasteiger partial charge in [-0.25, -0.2) is 0 Å². The van der Waals surface area contributed by atoms with E-state index in [0.29, 0.717) is 6.61 Å². The molecule has 0 amide bonds. The molecule has 0 aromatic carbocycles. The Bertz CT molecular complexity index is 311. The van der Waals surface area contributed by atoms with Crippen LogP contribution in [0.1, 0.15) is 24.7 Å². The summed E-state index contributed by atoms with van der Waals surface area (Å²) in [5.74, 6) is 5.52. The van der Waals surface area contributed by atoms with Crippen molar-refractivity contribution in [3.63, 3.8) is 0 Å². The van der Waals surface area contributed by atoms with E-state index in [4.69, 9.17) is 10.6 Å². The van der Waals surface area contributed by atoms with Crippen molar-refractivity contribution in [2.75, 3.05) is 13.7 Å². The highest BCUT2D eigenvalue weighted by molar-refractivity contribution is 5.10. The van der Waals surface area contributed by atoms with Crippen LogP contribution in [-0.4, -0.2) is 29.5 Å². The van der Waals surface area contributed by atoms with Crippen LogP contribution in [0.3, 0.4) is 0 Å². The van der Waals surface area contributed by atoms with Gasteiger partial charge in [-0.3, -0.25) is 16.0 Å². The maximum Gasteiger partial charge on any atom is 0.0596 e. The zero-order valence-electron chi connectivity index (χ0n) is 10.4. The standard InChI is InChI=1S/C11H22N4O/c1-4-15-11(7-9(2)14-15)8-10(13-12)5-6-16-3/h7,10,13H,4-6,8,12H2,1-3H3. The van der Waals surface area contributed by atoms with E-state index in [1.165, 1.54) is 5.69 Å². The summed E-state index contributed by atoms with van der Waals surface area (Å²) in [6, 6.07) is 2.35. The number of nitrogens with one attached hydrogen (secondary N) is 1. The maximum absolute atomic E-state index is 5.52. The summed E-state index contributed by atoms with van der Waals surface area (Å²) in [6.07, 6.45) is 1.79. The molecule has 0 saturated heterocycles. The van der Waals surface area contributed by atoms with Gasteiger partial charge in [0.1, 0.15) is 0 Å². The van der Waals surface area contributed by atoms with Crippen LogP contribution in [0.15, 0.2) is 6.07 Å². The molecule has 0 aliphatic rings. The van der Waals surface area contributed by atoms with Crippen molar-refractivity contribution < 1.29 is 4.74 Å². The first-order valence-corrected chi connectivity index (χ1v) is 5.69. The molecular formula is C11H22N4O. The van der Waals surface area contributed by atoms with Gasteiger partial charge in [-0.05, 0) is 26.3 Å². The second kappa shape index (κ2) is 6.62. The molecule has 92 valence electrons. The molecule has 1 atom stereocenters. The molecule has 0 spiro atoms. The topological polar surface area (TPSA) is 65.1 Å². The van der Waals surface area contributed by atoms with E-state index in [2.05, 4.69) is 23.5 Å². The summed E-state index contributed by atoms with van der Waals surface area (Å²) in [7, 11) is 1.70. The Labute approximate surface area is 96.9 Å². The number of hydrogen-bond donors (Lipinski definition) is 2. The van der Waals surface area contributed by atoms with Crippen LogP contribution in [0, 0.1) is 6.92 Å². The molecule has 0 aliphatic carbocycles. The number of methoxy groups -OCH3 is 1. The van der Waals surface area contributed by atoms with Gasteiger partial charge < -0.3 is 4.74 Å². The molecule has 5 nitrogen and oxygen atoms in total. The average molecular weight is 226 g/mol. The zero-order valence-corrected chi connectivity index (χ0v) is 10.4. The third-order valence-electron chi connectivity index (χ3n) is 2.65. The lowest BCUT2D eigenvalue weighted by atomic mass is 10.1. The van der Waals surface area contributed by atoms with Crippen LogP contribution in [0.5, 0.6) is 0 Å². The molecule has 5 heteroatoms. The molecule has 1 rings (SSSR count). The fourth-order valence-corrected chi connectivity index (χ4v) is 1.79. The van der Waals surface area contributed by atoms with Crippen molar-refractivity contribution in [3.05, 3.63) is 17.5 Å². The molecule has 0 aliphatic heterocycles. The van der Waals surface area contributed by atoms with Gasteiger partial charge in [0, 0.05) is 38.4 Å². The molecule has 0 saturated carbocycles. The summed E-state index contributed by atoms with van der Waals surface area (Å²) < 4.78 is 7.08. The molecule has 1 aromatic rings. The molecule has 3 N–H and O–H groups in total. The largest absolute Gasteiger partial charge is 0.385 e. The van der Waals surface area contributed by atoms with Crippen molar-refractivity contribution in [1.82, 2.24) is 15.2 Å². The monoisotopic (exact) mass is 226 g/mol. The number of rotatable bonds is 7. The molecule has 16 heavy (non-hydrogen) atoms. The highest BCUT2D eigenvalue weighted by Crippen LogP contribution is 2.08. The van der Waals surface area contributed by atoms with Crippen molar-refractivity contribution >= 4 is 0 Å². The normalized spacial score (nSPS) is 13.0. The summed E-state index contributed by atoms with van der Waals surface area (Å²) in [4.78, 5) is 0. The van der Waals surface area contributed by atoms with Gasteiger partial charge in [0.05, 0.1) is 5.69 Å². The third kappa shape index (κ3) is 3.59. The molecule has 1 heterocycles. The molecule has 1 aromatic heterocycles. The summed E-state index contributed by atoms with van der Waals surface area (Å²) in [6.45, 7) is 5.71. The molecule has 1 unspecified atom stereocenters. The lowest BCUT2D eigenvalue weighted by Crippen LogP contribution is -2.38. The highest BCUT2D eigenvalue weighted by atomic mass is 16.5. The first kappa shape index (κ1) is 13.2. The Hall–Kier alpha value is -0.910. The minimum absolute atomic E-state index is 0.237. The first-order chi connectivity index (χ1) is 7.71. The number of nitrogens with two attached hydrogens (primary N) is 1. The van der Waals surface area contributed by atoms with Crippen molar-refractivity contribution in [1.29, 1.82) is 0 Å². The van der Waals surface area contributed by atoms with E-state index in [0.717, 1.165) is 25.1 Å². The van der Waals surface area contributed by atoms with Gasteiger partial charge in [-0.2, -0.15) is 5.10 Å². The zero-order chi connectivity index (χ0) is 12.0. The van der Waals surface area contributed by atoms with Gasteiger partial charge in [-0.1, -0.05) is 0 Å². The second-order valence-electron chi connectivity index (χ2n) is 3.94. The number of aryl methyl sites for hydroxylation is 2. The highest BCUT2D eigenvalue weighted by Gasteiger charge is 2.11. The Morgan fingerprint density at radius 1 is 1.62 bits per heavy atom. The van der Waals surface area contributed by atoms with Gasteiger partial charge in [0.2, 0.25) is 0 Å². The van der Waals surface area contributed by atoms with E-state index in [1.807, 2.05) is 11.6 Å². The molecular weight excluding hydrogens is 204 g/mol. The van der Waals surface area contributed by atoms with Crippen LogP contribution >= 0.6 is 0 Å². The second-order valence-corrected chi connectivity index (χ2v) is 3.94. The Morgan fingerprint density at radius 3 is 2.94 bits per heavy atom. The minimum atomic E-state index is 0.237. The predicted octanol–water partition coefficient (Wildman–Crippen LogP) is 0.622. The van der Waals surface area contributed by atoms with E-state index in [-0.39, 0.29) is 6.04 Å². The van der Waals surface area contributed by atoms with Crippen LogP contribution in [0.2, 0.25) is 0 Å². The Morgan fingerprint density at radius 2 is 2.38 bits per heavy atom. The molecule has 0 bridgehead atoms. The van der Waals surface area contributed by atoms with E-state index in [9.17, 15) is 0 Å². The van der Waals surface area contributed by atoms with Crippen LogP contribution in [-0.2, 0) is 17.7 Å². The van der Waals surface area contributed by atoms with Crippen molar-refractivity contribution in [2.45, 2.75) is 39.3 Å². The summed E-state index contributed by atoms with van der Waals surface area (Å²) in [5, 5.41) is 4.41. The maximum atomic E-state index is 5.52. The smallest absolute Gasteiger partial charge is 0.0596 e. The number of nitrogens with zero attached hydrogens (tertiary/aromatic N) is 2. The van der Waals surface area contributed by atoms with Crippen LogP contribution in [0.25, 0.3) is 0 Å². The lowest BCUT2D eigenvalue weighted by Gasteiger charge is -2.15. The quantitative estimate of drug-likeness (QED) is 0.528. The Balaban J connectivity index is 2.61. The summed E-state index contributed by atoms with van der Waals surface area (Å²) >= 11 is 0. The number of hydrazine groups is 1. The molecule has 0 fully saturated rings. The summed E-state index contributed by atoms with van der Waals surface area (Å²) in [5.41, 5.74) is 5.10. The van der Waals surface area contributed by atoms with E-state index >= 15 is 0 Å². The average Bonchev–Trinajstić information content (AvgIpc) is 2.64. The van der Waals surface area contributed by atoms with Gasteiger partial charge in [0.15, 0.2) is 0 Å². The van der Waals surface area contributed by atoms with Crippen LogP contribution < -0.4 is 11.3 Å². The SMILES string of the molecule is CCn1nc(C)cc1CC(CCOC)NN. The van der Waals surface area contributed by atoms with E-state index < -0.39 is 0 Å². The van der Waals surface area contributed by atoms with Crippen molar-refractivity contribution in [3.8, 4) is 0 Å². The minimum Gasteiger partial charge on any atom is -0.385 e. The molecule has 0 radical (unpaired) electrons. The van der Waals surface area contributed by atoms with Gasteiger partial charge in [-0.15, -0.1) is 0 Å². The Kier molecular flexibility index (Phi) is 5.45. The third-order valence-corrected chi connectivity index (χ3v) is 2.65. The first-order valence-electron chi connectivity index (χ1n) is 5.69. The van der Waals surface area contributed by atoms with E-state index in [1.54, 1.807) is 7.11 Å². The van der Waals surface area contributed by atoms with Crippen molar-refractivity contribution in [2.24, 2.45) is 5.84 Å². The fraction of sp³-hybridized carbons (Fsp3) is 0.727. The number of aromatic nitrogens is 2.